The number of carbonyl (C=O) groups excluding carboxylic acids is 1. The number of hydrogen-bond donors (Lipinski definition) is 0. The second kappa shape index (κ2) is 4.38. The van der Waals surface area contributed by atoms with Gasteiger partial charge >= 0.3 is 0 Å². The molecule has 0 atom stereocenters. The van der Waals surface area contributed by atoms with Crippen LogP contribution in [0.5, 0.6) is 0 Å². The van der Waals surface area contributed by atoms with Crippen LogP contribution in [0.4, 0.5) is 0 Å². The van der Waals surface area contributed by atoms with Gasteiger partial charge in [0.05, 0.1) is 0 Å². The number of carbonyl (C=O) groups is 1. The van der Waals surface area contributed by atoms with Gasteiger partial charge in [-0.05, 0) is 32.1 Å². The largest absolute Gasteiger partial charge is 0.483 e. The van der Waals surface area contributed by atoms with Crippen molar-refractivity contribution in [2.45, 2.75) is 63.9 Å². The molecule has 0 unspecified atom stereocenters. The van der Waals surface area contributed by atoms with Crippen LogP contribution in [-0.2, 0) is 9.53 Å². The molecule has 0 aromatic rings. The SMILES string of the molecule is CCCCCC1=CC(=O)C2(CCCC2)O1. The number of unbranched alkanes of at least 4 members (excludes halogenated alkanes) is 2. The van der Waals surface area contributed by atoms with Gasteiger partial charge < -0.3 is 4.74 Å². The average molecular weight is 208 g/mol. The smallest absolute Gasteiger partial charge is 0.202 e. The molecule has 0 saturated heterocycles. The van der Waals surface area contributed by atoms with Gasteiger partial charge in [0.15, 0.2) is 5.60 Å². The molecule has 0 aromatic heterocycles. The van der Waals surface area contributed by atoms with Crippen molar-refractivity contribution in [3.8, 4) is 0 Å². The first-order valence-corrected chi connectivity index (χ1v) is 6.21. The van der Waals surface area contributed by atoms with E-state index < -0.39 is 5.60 Å². The molecule has 2 rings (SSSR count). The van der Waals surface area contributed by atoms with E-state index in [2.05, 4.69) is 6.92 Å². The predicted octanol–water partition coefficient (Wildman–Crippen LogP) is 3.36. The van der Waals surface area contributed by atoms with Gasteiger partial charge in [-0.3, -0.25) is 4.79 Å². The van der Waals surface area contributed by atoms with Crippen LogP contribution >= 0.6 is 0 Å². The lowest BCUT2D eigenvalue weighted by Crippen LogP contribution is -2.32. The zero-order chi connectivity index (χ0) is 10.7. The van der Waals surface area contributed by atoms with Crippen molar-refractivity contribution in [2.75, 3.05) is 0 Å². The molecule has 2 nitrogen and oxygen atoms in total. The summed E-state index contributed by atoms with van der Waals surface area (Å²) in [6, 6.07) is 0. The first-order valence-electron chi connectivity index (χ1n) is 6.21. The lowest BCUT2D eigenvalue weighted by molar-refractivity contribution is -0.129. The molecule has 0 bridgehead atoms. The molecule has 1 heterocycles. The van der Waals surface area contributed by atoms with Crippen LogP contribution in [0.2, 0.25) is 0 Å². The zero-order valence-corrected chi connectivity index (χ0v) is 9.55. The maximum atomic E-state index is 11.8. The Kier molecular flexibility index (Phi) is 3.13. The normalized spacial score (nSPS) is 23.3. The summed E-state index contributed by atoms with van der Waals surface area (Å²) in [5, 5.41) is 0. The average Bonchev–Trinajstić information content (AvgIpc) is 2.78. The summed E-state index contributed by atoms with van der Waals surface area (Å²) in [6.45, 7) is 2.19. The highest BCUT2D eigenvalue weighted by Crippen LogP contribution is 2.40. The van der Waals surface area contributed by atoms with Gasteiger partial charge in [0, 0.05) is 12.5 Å². The minimum Gasteiger partial charge on any atom is -0.483 e. The standard InChI is InChI=1S/C13H20O2/c1-2-3-4-7-11-10-12(14)13(15-11)8-5-6-9-13/h10H,2-9H2,1H3. The molecule has 2 heteroatoms. The van der Waals surface area contributed by atoms with Gasteiger partial charge in [0.1, 0.15) is 5.76 Å². The minimum absolute atomic E-state index is 0.228. The molecule has 0 N–H and O–H groups in total. The topological polar surface area (TPSA) is 26.3 Å². The van der Waals surface area contributed by atoms with Crippen LogP contribution in [-0.4, -0.2) is 11.4 Å². The van der Waals surface area contributed by atoms with Gasteiger partial charge in [0.25, 0.3) is 0 Å². The van der Waals surface area contributed by atoms with E-state index in [1.807, 2.05) is 0 Å². The number of allylic oxidation sites excluding steroid dienone is 1. The third-order valence-electron chi connectivity index (χ3n) is 3.51. The van der Waals surface area contributed by atoms with E-state index in [1.165, 1.54) is 12.8 Å². The van der Waals surface area contributed by atoms with Crippen LogP contribution < -0.4 is 0 Å². The first-order chi connectivity index (χ1) is 7.27. The summed E-state index contributed by atoms with van der Waals surface area (Å²) in [7, 11) is 0. The van der Waals surface area contributed by atoms with Gasteiger partial charge in [-0.15, -0.1) is 0 Å². The third kappa shape index (κ3) is 2.09. The van der Waals surface area contributed by atoms with E-state index >= 15 is 0 Å². The second-order valence-electron chi connectivity index (χ2n) is 4.74. The second-order valence-corrected chi connectivity index (χ2v) is 4.74. The van der Waals surface area contributed by atoms with Crippen LogP contribution in [0.3, 0.4) is 0 Å². The molecule has 15 heavy (non-hydrogen) atoms. The van der Waals surface area contributed by atoms with Gasteiger partial charge in [-0.25, -0.2) is 0 Å². The lowest BCUT2D eigenvalue weighted by Gasteiger charge is -2.22. The van der Waals surface area contributed by atoms with E-state index in [9.17, 15) is 4.79 Å². The first kappa shape index (κ1) is 10.7. The molecule has 1 aliphatic carbocycles. The number of ether oxygens (including phenoxy) is 1. The summed E-state index contributed by atoms with van der Waals surface area (Å²) in [5.74, 6) is 1.17. The highest BCUT2D eigenvalue weighted by atomic mass is 16.5. The molecule has 0 radical (unpaired) electrons. The Morgan fingerprint density at radius 2 is 2.07 bits per heavy atom. The lowest BCUT2D eigenvalue weighted by atomic mass is 9.98. The Morgan fingerprint density at radius 3 is 2.73 bits per heavy atom. The van der Waals surface area contributed by atoms with Crippen molar-refractivity contribution < 1.29 is 9.53 Å². The van der Waals surface area contributed by atoms with E-state index in [0.717, 1.165) is 44.3 Å². The molecule has 2 aliphatic rings. The molecule has 84 valence electrons. The van der Waals surface area contributed by atoms with Crippen LogP contribution in [0.15, 0.2) is 11.8 Å². The van der Waals surface area contributed by atoms with Crippen molar-refractivity contribution in [3.63, 3.8) is 0 Å². The Labute approximate surface area is 91.7 Å². The highest BCUT2D eigenvalue weighted by molar-refractivity contribution is 5.99. The zero-order valence-electron chi connectivity index (χ0n) is 9.55. The summed E-state index contributed by atoms with van der Waals surface area (Å²) in [4.78, 5) is 11.8. The highest BCUT2D eigenvalue weighted by Gasteiger charge is 2.46. The molecule has 1 fully saturated rings. The maximum Gasteiger partial charge on any atom is 0.202 e. The van der Waals surface area contributed by atoms with Crippen LogP contribution in [0.25, 0.3) is 0 Å². The minimum atomic E-state index is -0.415. The molecule has 0 amide bonds. The summed E-state index contributed by atoms with van der Waals surface area (Å²) < 4.78 is 5.88. The Hall–Kier alpha value is -0.790. The van der Waals surface area contributed by atoms with E-state index in [1.54, 1.807) is 6.08 Å². The molecule has 1 aliphatic heterocycles. The summed E-state index contributed by atoms with van der Waals surface area (Å²) >= 11 is 0. The fraction of sp³-hybridized carbons (Fsp3) is 0.769. The van der Waals surface area contributed by atoms with Crippen molar-refractivity contribution in [1.82, 2.24) is 0 Å². The Bertz CT molecular complexity index is 272. The quantitative estimate of drug-likeness (QED) is 0.662. The van der Waals surface area contributed by atoms with Crippen molar-refractivity contribution in [3.05, 3.63) is 11.8 Å². The van der Waals surface area contributed by atoms with Gasteiger partial charge in [-0.2, -0.15) is 0 Å². The molecule has 0 aromatic carbocycles. The fourth-order valence-electron chi connectivity index (χ4n) is 2.58. The fourth-order valence-corrected chi connectivity index (χ4v) is 2.58. The summed E-state index contributed by atoms with van der Waals surface area (Å²) in [6.07, 6.45) is 10.4. The van der Waals surface area contributed by atoms with Crippen LogP contribution in [0.1, 0.15) is 58.3 Å². The van der Waals surface area contributed by atoms with E-state index in [4.69, 9.17) is 4.74 Å². The third-order valence-corrected chi connectivity index (χ3v) is 3.51. The van der Waals surface area contributed by atoms with Crippen molar-refractivity contribution in [1.29, 1.82) is 0 Å². The van der Waals surface area contributed by atoms with Crippen LogP contribution in [0, 0.1) is 0 Å². The number of ketones is 1. The molecule has 1 spiro atoms. The molecular weight excluding hydrogens is 188 g/mol. The van der Waals surface area contributed by atoms with Crippen molar-refractivity contribution in [2.24, 2.45) is 0 Å². The van der Waals surface area contributed by atoms with Gasteiger partial charge in [-0.1, -0.05) is 19.8 Å². The molecular formula is C13H20O2. The Morgan fingerprint density at radius 1 is 1.33 bits per heavy atom. The predicted molar refractivity (Wildman–Crippen MR) is 59.5 cm³/mol. The number of rotatable bonds is 4. The Balaban J connectivity index is 1.89. The van der Waals surface area contributed by atoms with E-state index in [0.29, 0.717) is 0 Å². The van der Waals surface area contributed by atoms with E-state index in [-0.39, 0.29) is 5.78 Å². The number of hydrogen-bond acceptors (Lipinski definition) is 2. The monoisotopic (exact) mass is 208 g/mol. The molecule has 1 saturated carbocycles. The maximum absolute atomic E-state index is 11.8. The van der Waals surface area contributed by atoms with Crippen molar-refractivity contribution >= 4 is 5.78 Å². The summed E-state index contributed by atoms with van der Waals surface area (Å²) in [5.41, 5.74) is -0.415. The van der Waals surface area contributed by atoms with Gasteiger partial charge in [0.2, 0.25) is 5.78 Å².